The summed E-state index contributed by atoms with van der Waals surface area (Å²) in [5.41, 5.74) is 0. The normalized spacial score (nSPS) is 25.7. The highest BCUT2D eigenvalue weighted by atomic mass is 19.4. The molecule has 1 heterocycles. The first kappa shape index (κ1) is 15.9. The topological polar surface area (TPSA) is 40.6 Å². The molecule has 1 saturated heterocycles. The lowest BCUT2D eigenvalue weighted by molar-refractivity contribution is -0.159. The summed E-state index contributed by atoms with van der Waals surface area (Å²) in [6.07, 6.45) is 2.04. The Bertz CT molecular complexity index is 448. The molecule has 0 saturated carbocycles. The maximum absolute atomic E-state index is 12.4. The van der Waals surface area contributed by atoms with Crippen LogP contribution in [-0.2, 0) is 9.59 Å². The number of likely N-dealkylation sites (N-methyl/N-ethyl adjacent to an activating group) is 1. The van der Waals surface area contributed by atoms with Gasteiger partial charge in [-0.15, -0.1) is 0 Å². The Labute approximate surface area is 121 Å². The van der Waals surface area contributed by atoms with Crippen molar-refractivity contribution in [3.8, 4) is 0 Å². The van der Waals surface area contributed by atoms with E-state index in [4.69, 9.17) is 0 Å². The predicted molar refractivity (Wildman–Crippen MR) is 70.3 cm³/mol. The fourth-order valence-corrected chi connectivity index (χ4v) is 2.86. The molecule has 0 bridgehead atoms. The minimum atomic E-state index is -4.40. The van der Waals surface area contributed by atoms with Crippen LogP contribution in [0.4, 0.5) is 13.2 Å². The van der Waals surface area contributed by atoms with E-state index in [0.29, 0.717) is 6.42 Å². The van der Waals surface area contributed by atoms with Gasteiger partial charge in [0, 0.05) is 20.0 Å². The van der Waals surface area contributed by atoms with E-state index in [0.717, 1.165) is 17.7 Å². The van der Waals surface area contributed by atoms with E-state index in [1.165, 1.54) is 11.9 Å². The van der Waals surface area contributed by atoms with Gasteiger partial charge in [-0.3, -0.25) is 9.59 Å². The minimum Gasteiger partial charge on any atom is -0.334 e. The van der Waals surface area contributed by atoms with Crippen molar-refractivity contribution in [2.24, 2.45) is 5.92 Å². The molecule has 1 aliphatic carbocycles. The van der Waals surface area contributed by atoms with Crippen LogP contribution in [0.25, 0.3) is 0 Å². The average molecular weight is 304 g/mol. The molecule has 0 aromatic heterocycles. The van der Waals surface area contributed by atoms with Crippen molar-refractivity contribution in [2.75, 3.05) is 20.1 Å². The van der Waals surface area contributed by atoms with E-state index in [1.807, 2.05) is 12.2 Å². The Morgan fingerprint density at radius 2 is 2.14 bits per heavy atom. The summed E-state index contributed by atoms with van der Waals surface area (Å²) in [4.78, 5) is 26.2. The van der Waals surface area contributed by atoms with Gasteiger partial charge in [0.2, 0.25) is 11.8 Å². The molecule has 21 heavy (non-hydrogen) atoms. The van der Waals surface area contributed by atoms with Crippen LogP contribution < -0.4 is 0 Å². The Kier molecular flexibility index (Phi) is 4.58. The van der Waals surface area contributed by atoms with Gasteiger partial charge in [-0.1, -0.05) is 12.2 Å². The van der Waals surface area contributed by atoms with Gasteiger partial charge in [0.25, 0.3) is 0 Å². The first-order valence-electron chi connectivity index (χ1n) is 7.06. The van der Waals surface area contributed by atoms with Crippen LogP contribution in [0.1, 0.15) is 25.7 Å². The molecule has 0 N–H and O–H groups in total. The molecule has 2 aliphatic rings. The van der Waals surface area contributed by atoms with Crippen molar-refractivity contribution in [1.29, 1.82) is 0 Å². The fourth-order valence-electron chi connectivity index (χ4n) is 2.86. The van der Waals surface area contributed by atoms with E-state index < -0.39 is 24.7 Å². The third-order valence-corrected chi connectivity index (χ3v) is 4.05. The van der Waals surface area contributed by atoms with Crippen LogP contribution in [0.15, 0.2) is 12.2 Å². The maximum Gasteiger partial charge on any atom is 0.406 e. The monoisotopic (exact) mass is 304 g/mol. The molecule has 2 amide bonds. The second-order valence-electron chi connectivity index (χ2n) is 5.65. The first-order valence-corrected chi connectivity index (χ1v) is 7.06. The van der Waals surface area contributed by atoms with E-state index >= 15 is 0 Å². The second kappa shape index (κ2) is 6.07. The molecule has 2 rings (SSSR count). The van der Waals surface area contributed by atoms with Gasteiger partial charge in [-0.25, -0.2) is 0 Å². The van der Waals surface area contributed by atoms with Gasteiger partial charge in [-0.2, -0.15) is 13.2 Å². The molecule has 0 spiro atoms. The molecular formula is C14H19F3N2O2. The SMILES string of the molecule is CN(C(=O)C[C@H]1C=CCC1)[C@@H]1CCN(CC(F)(F)F)C1=O. The van der Waals surface area contributed by atoms with Crippen LogP contribution in [0, 0.1) is 5.92 Å². The summed E-state index contributed by atoms with van der Waals surface area (Å²) < 4.78 is 37.1. The number of carbonyl (C=O) groups excluding carboxylic acids is 2. The van der Waals surface area contributed by atoms with Gasteiger partial charge >= 0.3 is 6.18 Å². The lowest BCUT2D eigenvalue weighted by atomic mass is 10.0. The molecule has 0 aromatic carbocycles. The van der Waals surface area contributed by atoms with Crippen molar-refractivity contribution >= 4 is 11.8 Å². The van der Waals surface area contributed by atoms with Gasteiger partial charge in [0.15, 0.2) is 0 Å². The largest absolute Gasteiger partial charge is 0.406 e. The number of carbonyl (C=O) groups is 2. The number of rotatable bonds is 4. The Morgan fingerprint density at radius 3 is 2.71 bits per heavy atom. The molecule has 0 radical (unpaired) electrons. The van der Waals surface area contributed by atoms with Gasteiger partial charge in [-0.05, 0) is 25.2 Å². The Morgan fingerprint density at radius 1 is 1.43 bits per heavy atom. The summed E-state index contributed by atoms with van der Waals surface area (Å²) in [6.45, 7) is -1.19. The van der Waals surface area contributed by atoms with Crippen molar-refractivity contribution in [2.45, 2.75) is 37.9 Å². The standard InChI is InChI=1S/C14H19F3N2O2/c1-18(12(20)8-10-4-2-3-5-10)11-6-7-19(13(11)21)9-14(15,16)17/h2,4,10-11H,3,5-9H2,1H3/t10-,11+/m0/s1. The molecule has 2 atom stereocenters. The molecule has 7 heteroatoms. The number of nitrogens with zero attached hydrogens (tertiary/aromatic N) is 2. The van der Waals surface area contributed by atoms with Crippen molar-refractivity contribution in [3.05, 3.63) is 12.2 Å². The van der Waals surface area contributed by atoms with Crippen LogP contribution in [-0.4, -0.2) is 54.0 Å². The summed E-state index contributed by atoms with van der Waals surface area (Å²) in [5, 5.41) is 0. The second-order valence-corrected chi connectivity index (χ2v) is 5.65. The van der Waals surface area contributed by atoms with Gasteiger partial charge < -0.3 is 9.80 Å². The number of halogens is 3. The van der Waals surface area contributed by atoms with Gasteiger partial charge in [0.1, 0.15) is 12.6 Å². The van der Waals surface area contributed by atoms with Crippen molar-refractivity contribution < 1.29 is 22.8 Å². The number of allylic oxidation sites excluding steroid dienone is 2. The fraction of sp³-hybridized carbons (Fsp3) is 0.714. The maximum atomic E-state index is 12.4. The number of alkyl halides is 3. The number of hydrogen-bond donors (Lipinski definition) is 0. The number of likely N-dealkylation sites (tertiary alicyclic amines) is 1. The smallest absolute Gasteiger partial charge is 0.334 e. The number of hydrogen-bond acceptors (Lipinski definition) is 2. The zero-order valence-electron chi connectivity index (χ0n) is 11.9. The van der Waals surface area contributed by atoms with Crippen LogP contribution in [0.2, 0.25) is 0 Å². The molecule has 0 unspecified atom stereocenters. The quantitative estimate of drug-likeness (QED) is 0.745. The van der Waals surface area contributed by atoms with Crippen molar-refractivity contribution in [1.82, 2.24) is 9.80 Å². The van der Waals surface area contributed by atoms with Crippen LogP contribution >= 0.6 is 0 Å². The first-order chi connectivity index (χ1) is 9.78. The van der Waals surface area contributed by atoms with Crippen LogP contribution in [0.3, 0.4) is 0 Å². The highest BCUT2D eigenvalue weighted by Crippen LogP contribution is 2.25. The van der Waals surface area contributed by atoms with Crippen molar-refractivity contribution in [3.63, 3.8) is 0 Å². The summed E-state index contributed by atoms with van der Waals surface area (Å²) in [7, 11) is 1.50. The minimum absolute atomic E-state index is 0.0456. The molecule has 118 valence electrons. The van der Waals surface area contributed by atoms with Crippen LogP contribution in [0.5, 0.6) is 0 Å². The molecular weight excluding hydrogens is 285 g/mol. The summed E-state index contributed by atoms with van der Waals surface area (Å²) in [5.74, 6) is -0.605. The number of amides is 2. The summed E-state index contributed by atoms with van der Waals surface area (Å²) in [6, 6.07) is -0.759. The van der Waals surface area contributed by atoms with Gasteiger partial charge in [0.05, 0.1) is 0 Å². The van der Waals surface area contributed by atoms with E-state index in [1.54, 1.807) is 0 Å². The molecule has 0 aromatic rings. The average Bonchev–Trinajstić information content (AvgIpc) is 2.98. The highest BCUT2D eigenvalue weighted by Gasteiger charge is 2.41. The van der Waals surface area contributed by atoms with E-state index in [-0.39, 0.29) is 24.8 Å². The zero-order valence-corrected chi connectivity index (χ0v) is 11.9. The Hall–Kier alpha value is -1.53. The third-order valence-electron chi connectivity index (χ3n) is 4.05. The summed E-state index contributed by atoms with van der Waals surface area (Å²) >= 11 is 0. The zero-order chi connectivity index (χ0) is 15.6. The molecule has 4 nitrogen and oxygen atoms in total. The highest BCUT2D eigenvalue weighted by molar-refractivity contribution is 5.89. The predicted octanol–water partition coefficient (Wildman–Crippen LogP) is 1.96. The third kappa shape index (κ3) is 3.98. The lowest BCUT2D eigenvalue weighted by Crippen LogP contribution is -2.45. The molecule has 1 aliphatic heterocycles. The van der Waals surface area contributed by atoms with E-state index in [9.17, 15) is 22.8 Å². The lowest BCUT2D eigenvalue weighted by Gasteiger charge is -2.25. The molecule has 1 fully saturated rings. The van der Waals surface area contributed by atoms with E-state index in [2.05, 4.69) is 0 Å². The Balaban J connectivity index is 1.90.